The van der Waals surface area contributed by atoms with Gasteiger partial charge in [-0.2, -0.15) is 0 Å². The molecule has 4 unspecified atom stereocenters. The van der Waals surface area contributed by atoms with Crippen molar-refractivity contribution in [1.29, 1.82) is 0 Å². The lowest BCUT2D eigenvalue weighted by molar-refractivity contribution is -0.151. The summed E-state index contributed by atoms with van der Waals surface area (Å²) in [6.07, 6.45) is 4.55. The maximum absolute atomic E-state index is 12.5. The molecule has 1 saturated carbocycles. The summed E-state index contributed by atoms with van der Waals surface area (Å²) < 4.78 is 5.84. The first-order chi connectivity index (χ1) is 10.2. The van der Waals surface area contributed by atoms with Crippen LogP contribution in [0, 0.1) is 5.92 Å². The van der Waals surface area contributed by atoms with Crippen LogP contribution in [0.25, 0.3) is 0 Å². The third-order valence-electron chi connectivity index (χ3n) is 4.90. The first kappa shape index (κ1) is 15.0. The molecule has 1 aromatic heterocycles. The molecule has 4 nitrogen and oxygen atoms in total. The van der Waals surface area contributed by atoms with E-state index in [9.17, 15) is 4.79 Å². The summed E-state index contributed by atoms with van der Waals surface area (Å²) in [6, 6.07) is 4.49. The third-order valence-corrected chi connectivity index (χ3v) is 5.88. The van der Waals surface area contributed by atoms with Crippen LogP contribution < -0.4 is 5.73 Å². The Morgan fingerprint density at radius 1 is 1.52 bits per heavy atom. The molecular formula is C16H24N2O2S. The van der Waals surface area contributed by atoms with Crippen molar-refractivity contribution in [2.45, 2.75) is 43.7 Å². The molecule has 0 amide bonds. The van der Waals surface area contributed by atoms with E-state index in [2.05, 4.69) is 11.9 Å². The summed E-state index contributed by atoms with van der Waals surface area (Å²) >= 11 is 1.57. The normalized spacial score (nSPS) is 30.9. The Balaban J connectivity index is 1.64. The molecule has 3 aliphatic rings. The lowest BCUT2D eigenvalue weighted by Gasteiger charge is -2.33. The maximum atomic E-state index is 12.5. The monoisotopic (exact) mass is 308 g/mol. The summed E-state index contributed by atoms with van der Waals surface area (Å²) in [6.45, 7) is 1.46. The van der Waals surface area contributed by atoms with E-state index in [1.54, 1.807) is 11.3 Å². The van der Waals surface area contributed by atoms with Crippen molar-refractivity contribution in [3.05, 3.63) is 22.4 Å². The fourth-order valence-electron chi connectivity index (χ4n) is 3.72. The number of esters is 1. The molecule has 0 radical (unpaired) electrons. The van der Waals surface area contributed by atoms with Crippen LogP contribution in [0.1, 0.15) is 36.5 Å². The standard InChI is InChI=1S/C16H24N2O2S/c1-18-10-11-4-5-12(18)8-13(7-11)20-16(19)14(9-17)15-3-2-6-21-15/h2-3,6,11-14H,4-5,7-10,17H2,1H3. The summed E-state index contributed by atoms with van der Waals surface area (Å²) in [5.74, 6) is 0.224. The molecule has 5 heteroatoms. The zero-order chi connectivity index (χ0) is 14.8. The molecule has 116 valence electrons. The third kappa shape index (κ3) is 3.30. The highest BCUT2D eigenvalue weighted by atomic mass is 32.1. The minimum Gasteiger partial charge on any atom is -0.462 e. The number of rotatable bonds is 4. The minimum atomic E-state index is -0.302. The molecule has 2 aliphatic heterocycles. The van der Waals surface area contributed by atoms with Crippen LogP contribution in [0.2, 0.25) is 0 Å². The summed E-state index contributed by atoms with van der Waals surface area (Å²) in [5, 5.41) is 1.98. The van der Waals surface area contributed by atoms with Crippen LogP contribution in [-0.2, 0) is 9.53 Å². The summed E-state index contributed by atoms with van der Waals surface area (Å²) in [4.78, 5) is 15.9. The van der Waals surface area contributed by atoms with E-state index in [0.29, 0.717) is 18.5 Å². The molecule has 21 heavy (non-hydrogen) atoms. The second-order valence-corrected chi connectivity index (χ2v) is 7.35. The fourth-order valence-corrected chi connectivity index (χ4v) is 4.55. The molecular weight excluding hydrogens is 284 g/mol. The predicted molar refractivity (Wildman–Crippen MR) is 84.4 cm³/mol. The maximum Gasteiger partial charge on any atom is 0.315 e. The Morgan fingerprint density at radius 2 is 2.38 bits per heavy atom. The molecule has 3 fully saturated rings. The van der Waals surface area contributed by atoms with Gasteiger partial charge in [0.05, 0.1) is 0 Å². The SMILES string of the molecule is CN1CC2CCC1CC(OC(=O)C(CN)c1cccs1)C2. The zero-order valence-corrected chi connectivity index (χ0v) is 13.3. The molecule has 1 aliphatic carbocycles. The van der Waals surface area contributed by atoms with Crippen LogP contribution in [0.3, 0.4) is 0 Å². The van der Waals surface area contributed by atoms with Crippen molar-refractivity contribution in [2.24, 2.45) is 11.7 Å². The largest absolute Gasteiger partial charge is 0.462 e. The van der Waals surface area contributed by atoms with Gasteiger partial charge in [0.25, 0.3) is 0 Å². The van der Waals surface area contributed by atoms with E-state index < -0.39 is 0 Å². The number of fused-ring (bicyclic) bond motifs is 4. The fraction of sp³-hybridized carbons (Fsp3) is 0.688. The van der Waals surface area contributed by atoms with Crippen molar-refractivity contribution < 1.29 is 9.53 Å². The number of thiophene rings is 1. The highest BCUT2D eigenvalue weighted by Gasteiger charge is 2.36. The molecule has 0 spiro atoms. The van der Waals surface area contributed by atoms with Crippen molar-refractivity contribution in [3.63, 3.8) is 0 Å². The number of carbonyl (C=O) groups excluding carboxylic acids is 1. The van der Waals surface area contributed by atoms with Crippen LogP contribution >= 0.6 is 11.3 Å². The van der Waals surface area contributed by atoms with Gasteiger partial charge in [-0.05, 0) is 50.1 Å². The van der Waals surface area contributed by atoms with Crippen LogP contribution in [0.15, 0.2) is 17.5 Å². The highest BCUT2D eigenvalue weighted by molar-refractivity contribution is 7.10. The number of hydrogen-bond donors (Lipinski definition) is 1. The quantitative estimate of drug-likeness (QED) is 0.867. The van der Waals surface area contributed by atoms with Crippen LogP contribution in [0.5, 0.6) is 0 Å². The van der Waals surface area contributed by atoms with Gasteiger partial charge < -0.3 is 15.4 Å². The highest BCUT2D eigenvalue weighted by Crippen LogP contribution is 2.34. The van der Waals surface area contributed by atoms with E-state index in [0.717, 1.165) is 24.3 Å². The minimum absolute atomic E-state index is 0.0639. The van der Waals surface area contributed by atoms with Gasteiger partial charge in [-0.15, -0.1) is 11.3 Å². The van der Waals surface area contributed by atoms with Crippen LogP contribution in [0.4, 0.5) is 0 Å². The smallest absolute Gasteiger partial charge is 0.315 e. The average Bonchev–Trinajstić information content (AvgIpc) is 2.84. The van der Waals surface area contributed by atoms with Gasteiger partial charge in [-0.25, -0.2) is 0 Å². The predicted octanol–water partition coefficient (Wildman–Crippen LogP) is 2.21. The number of nitrogens with zero attached hydrogens (tertiary/aromatic N) is 1. The van der Waals surface area contributed by atoms with Gasteiger partial charge in [0.15, 0.2) is 0 Å². The number of carbonyl (C=O) groups is 1. The first-order valence-electron chi connectivity index (χ1n) is 7.81. The lowest BCUT2D eigenvalue weighted by atomic mass is 9.95. The summed E-state index contributed by atoms with van der Waals surface area (Å²) in [5.41, 5.74) is 5.79. The van der Waals surface area contributed by atoms with E-state index in [-0.39, 0.29) is 18.0 Å². The van der Waals surface area contributed by atoms with Gasteiger partial charge >= 0.3 is 5.97 Å². The van der Waals surface area contributed by atoms with Gasteiger partial charge in [0.2, 0.25) is 0 Å². The van der Waals surface area contributed by atoms with E-state index in [1.807, 2.05) is 17.5 Å². The molecule has 2 bridgehead atoms. The van der Waals surface area contributed by atoms with Crippen molar-refractivity contribution in [3.8, 4) is 0 Å². The molecule has 2 saturated heterocycles. The molecule has 3 heterocycles. The molecule has 4 rings (SSSR count). The number of ether oxygens (including phenoxy) is 1. The number of nitrogens with two attached hydrogens (primary N) is 1. The van der Waals surface area contributed by atoms with E-state index in [1.165, 1.54) is 12.8 Å². The van der Waals surface area contributed by atoms with Crippen molar-refractivity contribution in [2.75, 3.05) is 20.1 Å². The van der Waals surface area contributed by atoms with Gasteiger partial charge in [0.1, 0.15) is 12.0 Å². The average molecular weight is 308 g/mol. The number of piperidine rings is 1. The van der Waals surface area contributed by atoms with Gasteiger partial charge in [-0.1, -0.05) is 6.07 Å². The van der Waals surface area contributed by atoms with Gasteiger partial charge in [0, 0.05) is 24.0 Å². The first-order valence-corrected chi connectivity index (χ1v) is 8.69. The number of hydrogen-bond acceptors (Lipinski definition) is 5. The van der Waals surface area contributed by atoms with E-state index >= 15 is 0 Å². The topological polar surface area (TPSA) is 55.6 Å². The van der Waals surface area contributed by atoms with Gasteiger partial charge in [-0.3, -0.25) is 4.79 Å². The molecule has 4 atom stereocenters. The second kappa shape index (κ2) is 6.46. The zero-order valence-electron chi connectivity index (χ0n) is 12.5. The Morgan fingerprint density at radius 3 is 3.05 bits per heavy atom. The Bertz CT molecular complexity index is 477. The Labute approximate surface area is 130 Å². The summed E-state index contributed by atoms with van der Waals surface area (Å²) in [7, 11) is 2.19. The molecule has 0 aromatic carbocycles. The van der Waals surface area contributed by atoms with Crippen molar-refractivity contribution >= 4 is 17.3 Å². The Hall–Kier alpha value is -0.910. The van der Waals surface area contributed by atoms with Crippen LogP contribution in [-0.4, -0.2) is 43.2 Å². The van der Waals surface area contributed by atoms with E-state index in [4.69, 9.17) is 10.5 Å². The van der Waals surface area contributed by atoms with Crippen molar-refractivity contribution in [1.82, 2.24) is 4.90 Å². The lowest BCUT2D eigenvalue weighted by Crippen LogP contribution is -2.38. The Kier molecular flexibility index (Phi) is 4.62. The second-order valence-electron chi connectivity index (χ2n) is 6.37. The molecule has 2 N–H and O–H groups in total. The molecule has 1 aromatic rings.